The zero-order valence-corrected chi connectivity index (χ0v) is 16.1. The van der Waals surface area contributed by atoms with E-state index >= 15 is 0 Å². The molecule has 2 aromatic rings. The van der Waals surface area contributed by atoms with Crippen molar-refractivity contribution in [3.8, 4) is 0 Å². The number of alkyl halides is 3. The molecule has 27 heavy (non-hydrogen) atoms. The number of aryl methyl sites for hydroxylation is 1. The minimum absolute atomic E-state index is 0.140. The van der Waals surface area contributed by atoms with Crippen LogP contribution in [0.1, 0.15) is 39.5 Å². The maximum Gasteiger partial charge on any atom is 0.416 e. The van der Waals surface area contributed by atoms with E-state index in [2.05, 4.69) is 10.6 Å². The zero-order chi connectivity index (χ0) is 20.2. The number of amides is 2. The quantitative estimate of drug-likeness (QED) is 0.775. The molecule has 8 heteroatoms. The van der Waals surface area contributed by atoms with E-state index < -0.39 is 23.1 Å². The van der Waals surface area contributed by atoms with Crippen molar-refractivity contribution >= 4 is 23.2 Å². The van der Waals surface area contributed by atoms with Crippen LogP contribution in [0.4, 0.5) is 13.2 Å². The Bertz CT molecular complexity index is 828. The van der Waals surface area contributed by atoms with Crippen LogP contribution >= 0.6 is 11.3 Å². The highest BCUT2D eigenvalue weighted by Crippen LogP contribution is 2.32. The Morgan fingerprint density at radius 2 is 1.70 bits per heavy atom. The molecule has 1 heterocycles. The minimum atomic E-state index is -4.42. The summed E-state index contributed by atoms with van der Waals surface area (Å²) < 4.78 is 38.6. The van der Waals surface area contributed by atoms with Crippen LogP contribution in [-0.2, 0) is 16.4 Å². The Morgan fingerprint density at radius 1 is 1.04 bits per heavy atom. The van der Waals surface area contributed by atoms with Gasteiger partial charge in [0.1, 0.15) is 0 Å². The van der Waals surface area contributed by atoms with Gasteiger partial charge in [-0.05, 0) is 30.7 Å². The fourth-order valence-electron chi connectivity index (χ4n) is 2.40. The number of hydrogen-bond acceptors (Lipinski definition) is 3. The van der Waals surface area contributed by atoms with Crippen molar-refractivity contribution in [1.29, 1.82) is 0 Å². The Labute approximate surface area is 159 Å². The maximum atomic E-state index is 12.9. The zero-order valence-electron chi connectivity index (χ0n) is 15.2. The predicted molar refractivity (Wildman–Crippen MR) is 98.9 cm³/mol. The van der Waals surface area contributed by atoms with E-state index in [1.807, 2.05) is 13.0 Å². The third-order valence-corrected chi connectivity index (χ3v) is 5.07. The number of rotatable bonds is 6. The molecule has 146 valence electrons. The number of carbonyl (C=O) groups is 2. The van der Waals surface area contributed by atoms with Gasteiger partial charge >= 0.3 is 6.18 Å². The summed E-state index contributed by atoms with van der Waals surface area (Å²) in [5.74, 6) is -0.739. The molecule has 1 aromatic heterocycles. The average molecular weight is 398 g/mol. The van der Waals surface area contributed by atoms with Gasteiger partial charge in [0.15, 0.2) is 0 Å². The summed E-state index contributed by atoms with van der Waals surface area (Å²) in [7, 11) is 0. The van der Waals surface area contributed by atoms with Gasteiger partial charge in [-0.15, -0.1) is 11.3 Å². The van der Waals surface area contributed by atoms with Crippen LogP contribution in [0.15, 0.2) is 36.4 Å². The molecule has 0 bridgehead atoms. The Hall–Kier alpha value is -2.35. The Morgan fingerprint density at radius 3 is 2.30 bits per heavy atom. The average Bonchev–Trinajstić information content (AvgIpc) is 3.04. The SMILES string of the molecule is Cc1ccc(C(=O)NCC(=O)NCC(C)(C)c2cccc(C(F)(F)F)c2)s1. The molecular weight excluding hydrogens is 377 g/mol. The van der Waals surface area contributed by atoms with Crippen LogP contribution in [0.5, 0.6) is 0 Å². The lowest BCUT2D eigenvalue weighted by atomic mass is 9.83. The van der Waals surface area contributed by atoms with Gasteiger partial charge in [-0.25, -0.2) is 0 Å². The third kappa shape index (κ3) is 5.82. The molecule has 0 aliphatic heterocycles. The van der Waals surface area contributed by atoms with Crippen molar-refractivity contribution in [2.75, 3.05) is 13.1 Å². The maximum absolute atomic E-state index is 12.9. The van der Waals surface area contributed by atoms with Crippen molar-refractivity contribution in [2.24, 2.45) is 0 Å². The molecule has 2 N–H and O–H groups in total. The molecule has 0 aliphatic rings. The summed E-state index contributed by atoms with van der Waals surface area (Å²) in [6.45, 7) is 5.31. The first-order valence-corrected chi connectivity index (χ1v) is 9.10. The molecule has 0 fully saturated rings. The van der Waals surface area contributed by atoms with Crippen molar-refractivity contribution in [3.05, 3.63) is 57.3 Å². The van der Waals surface area contributed by atoms with Gasteiger partial charge in [0.2, 0.25) is 5.91 Å². The molecule has 0 radical (unpaired) electrons. The first-order valence-electron chi connectivity index (χ1n) is 8.28. The topological polar surface area (TPSA) is 58.2 Å². The highest BCUT2D eigenvalue weighted by Gasteiger charge is 2.32. The Balaban J connectivity index is 1.90. The van der Waals surface area contributed by atoms with E-state index in [1.165, 1.54) is 17.4 Å². The van der Waals surface area contributed by atoms with Crippen LogP contribution in [0.3, 0.4) is 0 Å². The van der Waals surface area contributed by atoms with Crippen LogP contribution in [-0.4, -0.2) is 24.9 Å². The third-order valence-electron chi connectivity index (χ3n) is 4.07. The van der Waals surface area contributed by atoms with Gasteiger partial charge in [0.05, 0.1) is 17.0 Å². The summed E-state index contributed by atoms with van der Waals surface area (Å²) in [5.41, 5.74) is -0.958. The van der Waals surface area contributed by atoms with Gasteiger partial charge in [-0.3, -0.25) is 9.59 Å². The highest BCUT2D eigenvalue weighted by atomic mass is 32.1. The molecule has 0 unspecified atom stereocenters. The van der Waals surface area contributed by atoms with Gasteiger partial charge in [0.25, 0.3) is 5.91 Å². The largest absolute Gasteiger partial charge is 0.416 e. The number of benzene rings is 1. The summed E-state index contributed by atoms with van der Waals surface area (Å²) >= 11 is 1.33. The van der Waals surface area contributed by atoms with Gasteiger partial charge < -0.3 is 10.6 Å². The lowest BCUT2D eigenvalue weighted by Gasteiger charge is -2.26. The molecule has 1 aromatic carbocycles. The Kier molecular flexibility index (Phi) is 6.30. The molecule has 2 amide bonds. The predicted octanol–water partition coefficient (Wildman–Crippen LogP) is 3.90. The van der Waals surface area contributed by atoms with E-state index in [0.717, 1.165) is 17.0 Å². The number of hydrogen-bond donors (Lipinski definition) is 2. The summed E-state index contributed by atoms with van der Waals surface area (Å²) in [6, 6.07) is 8.56. The summed E-state index contributed by atoms with van der Waals surface area (Å²) in [6.07, 6.45) is -4.42. The van der Waals surface area contributed by atoms with Gasteiger partial charge in [0, 0.05) is 16.8 Å². The molecule has 0 aliphatic carbocycles. The smallest absolute Gasteiger partial charge is 0.354 e. The molecule has 2 rings (SSSR count). The first kappa shape index (κ1) is 21.0. The van der Waals surface area contributed by atoms with E-state index in [0.29, 0.717) is 10.4 Å². The number of carbonyl (C=O) groups excluding carboxylic acids is 2. The second-order valence-corrected chi connectivity index (χ2v) is 8.12. The van der Waals surface area contributed by atoms with Crippen LogP contribution in [0.25, 0.3) is 0 Å². The molecule has 0 saturated heterocycles. The van der Waals surface area contributed by atoms with Crippen molar-refractivity contribution in [2.45, 2.75) is 32.4 Å². The summed E-state index contributed by atoms with van der Waals surface area (Å²) in [4.78, 5) is 25.4. The second kappa shape index (κ2) is 8.12. The normalized spacial score (nSPS) is 11.9. The first-order chi connectivity index (χ1) is 12.5. The lowest BCUT2D eigenvalue weighted by molar-refractivity contribution is -0.137. The number of nitrogens with one attached hydrogen (secondary N) is 2. The molecular formula is C19H21F3N2O2S. The van der Waals surface area contributed by atoms with Crippen molar-refractivity contribution < 1.29 is 22.8 Å². The van der Waals surface area contributed by atoms with Crippen LogP contribution < -0.4 is 10.6 Å². The van der Waals surface area contributed by atoms with Crippen LogP contribution in [0.2, 0.25) is 0 Å². The molecule has 0 spiro atoms. The van der Waals surface area contributed by atoms with Gasteiger partial charge in [-0.1, -0.05) is 32.0 Å². The monoisotopic (exact) mass is 398 g/mol. The van der Waals surface area contributed by atoms with E-state index in [1.54, 1.807) is 26.0 Å². The molecule has 4 nitrogen and oxygen atoms in total. The fraction of sp³-hybridized carbons (Fsp3) is 0.368. The lowest BCUT2D eigenvalue weighted by Crippen LogP contribution is -2.42. The summed E-state index contributed by atoms with van der Waals surface area (Å²) in [5, 5.41) is 5.19. The van der Waals surface area contributed by atoms with Gasteiger partial charge in [-0.2, -0.15) is 13.2 Å². The highest BCUT2D eigenvalue weighted by molar-refractivity contribution is 7.13. The minimum Gasteiger partial charge on any atom is -0.354 e. The number of halogens is 3. The van der Waals surface area contributed by atoms with E-state index in [4.69, 9.17) is 0 Å². The fourth-order valence-corrected chi connectivity index (χ4v) is 3.19. The second-order valence-electron chi connectivity index (χ2n) is 6.83. The van der Waals surface area contributed by atoms with E-state index in [-0.39, 0.29) is 19.0 Å². The van der Waals surface area contributed by atoms with Crippen molar-refractivity contribution in [3.63, 3.8) is 0 Å². The van der Waals surface area contributed by atoms with E-state index in [9.17, 15) is 22.8 Å². The standard InChI is InChI=1S/C19H21F3N2O2S/c1-12-7-8-15(27-12)17(26)23-10-16(25)24-11-18(2,3)13-5-4-6-14(9-13)19(20,21)22/h4-9H,10-11H2,1-3H3,(H,23,26)(H,24,25). The number of thiophene rings is 1. The van der Waals surface area contributed by atoms with Crippen LogP contribution in [0, 0.1) is 6.92 Å². The van der Waals surface area contributed by atoms with Crippen molar-refractivity contribution in [1.82, 2.24) is 10.6 Å². The molecule has 0 atom stereocenters. The molecule has 0 saturated carbocycles.